The zero-order valence-electron chi connectivity index (χ0n) is 10.4. The molecule has 1 unspecified atom stereocenters. The largest absolute Gasteiger partial charge is 0.492 e. The van der Waals surface area contributed by atoms with Crippen LogP contribution in [0.5, 0.6) is 5.75 Å². The second kappa shape index (κ2) is 5.63. The molecular formula is C13H16O4S. The highest BCUT2D eigenvalue weighted by molar-refractivity contribution is 7.98. The highest BCUT2D eigenvalue weighted by atomic mass is 32.2. The zero-order chi connectivity index (χ0) is 13.1. The van der Waals surface area contributed by atoms with Gasteiger partial charge in [-0.05, 0) is 19.2 Å². The summed E-state index contributed by atoms with van der Waals surface area (Å²) < 4.78 is 11.3. The summed E-state index contributed by atoms with van der Waals surface area (Å²) in [5.41, 5.74) is 1.25. The molecule has 0 fully saturated rings. The first-order chi connectivity index (χ1) is 8.69. The molecule has 0 amide bonds. The second-order valence-electron chi connectivity index (χ2n) is 3.95. The van der Waals surface area contributed by atoms with Crippen LogP contribution in [0.2, 0.25) is 0 Å². The molecule has 0 spiro atoms. The van der Waals surface area contributed by atoms with Crippen molar-refractivity contribution in [1.29, 1.82) is 0 Å². The monoisotopic (exact) mass is 268 g/mol. The van der Waals surface area contributed by atoms with E-state index in [0.717, 1.165) is 12.0 Å². The maximum Gasteiger partial charge on any atom is 0.336 e. The smallest absolute Gasteiger partial charge is 0.336 e. The Bertz CT molecular complexity index is 459. The Morgan fingerprint density at radius 3 is 3.00 bits per heavy atom. The van der Waals surface area contributed by atoms with Crippen LogP contribution < -0.4 is 4.74 Å². The maximum absolute atomic E-state index is 11.2. The first kappa shape index (κ1) is 13.2. The molecular weight excluding hydrogens is 252 g/mol. The van der Waals surface area contributed by atoms with Gasteiger partial charge in [0, 0.05) is 18.6 Å². The molecule has 1 atom stereocenters. The van der Waals surface area contributed by atoms with Gasteiger partial charge in [0.05, 0.1) is 23.2 Å². The van der Waals surface area contributed by atoms with Gasteiger partial charge in [0.15, 0.2) is 0 Å². The fourth-order valence-corrected chi connectivity index (χ4v) is 2.89. The minimum atomic E-state index is -0.927. The van der Waals surface area contributed by atoms with Gasteiger partial charge in [-0.1, -0.05) is 6.07 Å². The molecule has 0 radical (unpaired) electrons. The van der Waals surface area contributed by atoms with Crippen LogP contribution in [0.4, 0.5) is 0 Å². The third-order valence-corrected chi connectivity index (χ3v) is 3.73. The van der Waals surface area contributed by atoms with Crippen LogP contribution in [0, 0.1) is 0 Å². The summed E-state index contributed by atoms with van der Waals surface area (Å²) in [4.78, 5) is 11.9. The van der Waals surface area contributed by atoms with Crippen LogP contribution in [0.15, 0.2) is 17.0 Å². The standard InChI is InChI=1S/C13H16O4S/c1-3-16-10-6-7-17-11-8(10)4-5-9(13(14)15)12(11)18-2/h4-5,10H,3,6-7H2,1-2H3,(H,14,15). The molecule has 1 aromatic carbocycles. The predicted octanol–water partition coefficient (Wildman–Crippen LogP) is 2.97. The van der Waals surface area contributed by atoms with E-state index in [4.69, 9.17) is 14.6 Å². The third-order valence-electron chi connectivity index (χ3n) is 2.92. The van der Waals surface area contributed by atoms with E-state index in [2.05, 4.69) is 0 Å². The molecule has 1 N–H and O–H groups in total. The van der Waals surface area contributed by atoms with Crippen LogP contribution in [0.3, 0.4) is 0 Å². The van der Waals surface area contributed by atoms with Gasteiger partial charge in [-0.2, -0.15) is 0 Å². The Morgan fingerprint density at radius 2 is 2.39 bits per heavy atom. The topological polar surface area (TPSA) is 55.8 Å². The number of carboxylic acid groups (broad SMARTS) is 1. The number of thioether (sulfide) groups is 1. The SMILES string of the molecule is CCOC1CCOc2c1ccc(C(=O)O)c2SC. The molecule has 1 aromatic rings. The fourth-order valence-electron chi connectivity index (χ4n) is 2.15. The van der Waals surface area contributed by atoms with Gasteiger partial charge < -0.3 is 14.6 Å². The summed E-state index contributed by atoms with van der Waals surface area (Å²) in [6.45, 7) is 3.16. The van der Waals surface area contributed by atoms with Crippen LogP contribution in [0.25, 0.3) is 0 Å². The number of hydrogen-bond donors (Lipinski definition) is 1. The van der Waals surface area contributed by atoms with Gasteiger partial charge in [-0.3, -0.25) is 0 Å². The van der Waals surface area contributed by atoms with Crippen molar-refractivity contribution in [2.45, 2.75) is 24.3 Å². The maximum atomic E-state index is 11.2. The molecule has 1 aliphatic rings. The molecule has 0 bridgehead atoms. The first-order valence-corrected chi connectivity index (χ1v) is 7.10. The number of hydrogen-bond acceptors (Lipinski definition) is 4. The van der Waals surface area contributed by atoms with E-state index in [1.807, 2.05) is 13.2 Å². The number of benzene rings is 1. The van der Waals surface area contributed by atoms with Crippen molar-refractivity contribution in [2.75, 3.05) is 19.5 Å². The van der Waals surface area contributed by atoms with Crippen molar-refractivity contribution in [3.63, 3.8) is 0 Å². The van der Waals surface area contributed by atoms with Crippen molar-refractivity contribution in [3.8, 4) is 5.75 Å². The number of fused-ring (bicyclic) bond motifs is 1. The lowest BCUT2D eigenvalue weighted by Gasteiger charge is -2.27. The molecule has 0 saturated carbocycles. The van der Waals surface area contributed by atoms with Gasteiger partial charge in [0.2, 0.25) is 0 Å². The minimum absolute atomic E-state index is 0.00694. The molecule has 5 heteroatoms. The van der Waals surface area contributed by atoms with Gasteiger partial charge in [-0.15, -0.1) is 11.8 Å². The molecule has 1 aliphatic heterocycles. The Hall–Kier alpha value is -1.20. The number of aromatic carboxylic acids is 1. The van der Waals surface area contributed by atoms with Crippen molar-refractivity contribution < 1.29 is 19.4 Å². The fraction of sp³-hybridized carbons (Fsp3) is 0.462. The van der Waals surface area contributed by atoms with Crippen LogP contribution >= 0.6 is 11.8 Å². The Balaban J connectivity index is 2.49. The van der Waals surface area contributed by atoms with Crippen molar-refractivity contribution in [1.82, 2.24) is 0 Å². The van der Waals surface area contributed by atoms with Gasteiger partial charge in [0.1, 0.15) is 5.75 Å². The highest BCUT2D eigenvalue weighted by Gasteiger charge is 2.27. The first-order valence-electron chi connectivity index (χ1n) is 5.87. The molecule has 18 heavy (non-hydrogen) atoms. The van der Waals surface area contributed by atoms with E-state index >= 15 is 0 Å². The van der Waals surface area contributed by atoms with E-state index in [9.17, 15) is 4.79 Å². The van der Waals surface area contributed by atoms with E-state index in [1.165, 1.54) is 11.8 Å². The highest BCUT2D eigenvalue weighted by Crippen LogP contribution is 2.42. The number of ether oxygens (including phenoxy) is 2. The van der Waals surface area contributed by atoms with Crippen LogP contribution in [-0.2, 0) is 4.74 Å². The second-order valence-corrected chi connectivity index (χ2v) is 4.77. The molecule has 98 valence electrons. The average Bonchev–Trinajstić information content (AvgIpc) is 2.37. The van der Waals surface area contributed by atoms with Crippen molar-refractivity contribution in [3.05, 3.63) is 23.3 Å². The molecule has 0 saturated heterocycles. The summed E-state index contributed by atoms with van der Waals surface area (Å²) in [5, 5.41) is 9.17. The summed E-state index contributed by atoms with van der Waals surface area (Å²) in [7, 11) is 0. The summed E-state index contributed by atoms with van der Waals surface area (Å²) in [5.74, 6) is -0.253. The quantitative estimate of drug-likeness (QED) is 0.851. The zero-order valence-corrected chi connectivity index (χ0v) is 11.3. The number of carboxylic acids is 1. The van der Waals surface area contributed by atoms with Crippen molar-refractivity contribution in [2.24, 2.45) is 0 Å². The Morgan fingerprint density at radius 1 is 1.61 bits per heavy atom. The number of carbonyl (C=O) groups is 1. The van der Waals surface area contributed by atoms with E-state index in [0.29, 0.717) is 29.4 Å². The van der Waals surface area contributed by atoms with Crippen molar-refractivity contribution >= 4 is 17.7 Å². The number of rotatable bonds is 4. The van der Waals surface area contributed by atoms with Gasteiger partial charge in [-0.25, -0.2) is 4.79 Å². The van der Waals surface area contributed by atoms with Crippen LogP contribution in [-0.4, -0.2) is 30.5 Å². The summed E-state index contributed by atoms with van der Waals surface area (Å²) in [6.07, 6.45) is 2.67. The predicted molar refractivity (Wildman–Crippen MR) is 69.7 cm³/mol. The average molecular weight is 268 g/mol. The summed E-state index contributed by atoms with van der Waals surface area (Å²) in [6, 6.07) is 3.44. The van der Waals surface area contributed by atoms with Gasteiger partial charge >= 0.3 is 5.97 Å². The van der Waals surface area contributed by atoms with Gasteiger partial charge in [0.25, 0.3) is 0 Å². The van der Waals surface area contributed by atoms with E-state index in [1.54, 1.807) is 12.1 Å². The lowest BCUT2D eigenvalue weighted by atomic mass is 10.0. The Labute approximate surface area is 110 Å². The molecule has 2 rings (SSSR count). The molecule has 0 aromatic heterocycles. The van der Waals surface area contributed by atoms with E-state index in [-0.39, 0.29) is 6.10 Å². The molecule has 4 nitrogen and oxygen atoms in total. The normalized spacial score (nSPS) is 18.0. The Kier molecular flexibility index (Phi) is 4.14. The van der Waals surface area contributed by atoms with Crippen LogP contribution in [0.1, 0.15) is 35.4 Å². The lowest BCUT2D eigenvalue weighted by Crippen LogP contribution is -2.18. The third kappa shape index (κ3) is 2.33. The molecule has 0 aliphatic carbocycles. The van der Waals surface area contributed by atoms with E-state index < -0.39 is 5.97 Å². The lowest BCUT2D eigenvalue weighted by molar-refractivity contribution is 0.0307. The summed E-state index contributed by atoms with van der Waals surface area (Å²) >= 11 is 1.40. The minimum Gasteiger partial charge on any atom is -0.492 e. The molecule has 1 heterocycles.